The molecule has 3 heteroatoms. The minimum Gasteiger partial charge on any atom is -0.245 e. The quantitative estimate of drug-likeness (QED) is 0.441. The molecule has 0 saturated carbocycles. The van der Waals surface area contributed by atoms with Gasteiger partial charge in [-0.1, -0.05) is 24.8 Å². The molecule has 0 aliphatic heterocycles. The largest absolute Gasteiger partial charge is 0.285 e. The second-order valence-electron chi connectivity index (χ2n) is 3.33. The topological polar surface area (TPSA) is 26.0 Å². The molecule has 0 aliphatic rings. The second kappa shape index (κ2) is 5.41. The first-order valence-corrected chi connectivity index (χ1v) is 5.13. The highest BCUT2D eigenvalue weighted by molar-refractivity contribution is 7.79. The lowest BCUT2D eigenvalue weighted by Gasteiger charge is -2.01. The molecule has 0 unspecified atom stereocenters. The fourth-order valence-corrected chi connectivity index (χ4v) is 1.27. The van der Waals surface area contributed by atoms with Crippen LogP contribution in [-0.4, -0.2) is 10.8 Å². The van der Waals surface area contributed by atoms with E-state index in [9.17, 15) is 0 Å². The van der Waals surface area contributed by atoms with Crippen molar-refractivity contribution < 1.29 is 4.99 Å². The van der Waals surface area contributed by atoms with E-state index < -0.39 is 0 Å². The van der Waals surface area contributed by atoms with Gasteiger partial charge in [0.15, 0.2) is 4.99 Å². The maximum Gasteiger partial charge on any atom is 0.285 e. The summed E-state index contributed by atoms with van der Waals surface area (Å²) < 4.78 is 0. The first-order chi connectivity index (χ1) is 7.09. The van der Waals surface area contributed by atoms with Gasteiger partial charge in [-0.05, 0) is 31.3 Å². The van der Waals surface area contributed by atoms with Gasteiger partial charge in [0, 0.05) is 6.92 Å². The molecule has 0 bridgehead atoms. The average Bonchev–Trinajstić information content (AvgIpc) is 2.17. The Bertz CT molecular complexity index is 393. The summed E-state index contributed by atoms with van der Waals surface area (Å²) in [5.41, 5.74) is 1.93. The summed E-state index contributed by atoms with van der Waals surface area (Å²) in [5.74, 6) is 0.871. The van der Waals surface area contributed by atoms with Crippen molar-refractivity contribution in [2.45, 2.75) is 13.8 Å². The van der Waals surface area contributed by atoms with Crippen LogP contribution in [-0.2, 0) is 0 Å². The van der Waals surface area contributed by atoms with Crippen LogP contribution in [0.15, 0.2) is 42.6 Å². The van der Waals surface area contributed by atoms with Gasteiger partial charge in [0.1, 0.15) is 0 Å². The zero-order valence-corrected chi connectivity index (χ0v) is 9.82. The van der Waals surface area contributed by atoms with E-state index in [0.717, 1.165) is 22.1 Å². The molecule has 0 saturated heterocycles. The van der Waals surface area contributed by atoms with Crippen LogP contribution < -0.4 is 10.3 Å². The van der Waals surface area contributed by atoms with Gasteiger partial charge >= 0.3 is 0 Å². The highest BCUT2D eigenvalue weighted by atomic mass is 32.1. The molecule has 0 atom stereocenters. The van der Waals surface area contributed by atoms with E-state index in [1.54, 1.807) is 0 Å². The van der Waals surface area contributed by atoms with Crippen molar-refractivity contribution in [1.82, 2.24) is 5.32 Å². The van der Waals surface area contributed by atoms with Gasteiger partial charge in [-0.25, -0.2) is 10.3 Å². The van der Waals surface area contributed by atoms with Crippen LogP contribution in [0.1, 0.15) is 19.4 Å². The minimum atomic E-state index is 0.725. The summed E-state index contributed by atoms with van der Waals surface area (Å²) in [4.78, 5) is 3.83. The van der Waals surface area contributed by atoms with Crippen LogP contribution in [0.2, 0.25) is 0 Å². The van der Waals surface area contributed by atoms with E-state index in [0.29, 0.717) is 0 Å². The molecule has 2 nitrogen and oxygen atoms in total. The smallest absolute Gasteiger partial charge is 0.245 e. The maximum absolute atomic E-state index is 5.02. The van der Waals surface area contributed by atoms with Crippen molar-refractivity contribution in [2.75, 3.05) is 0 Å². The zero-order chi connectivity index (χ0) is 11.3. The third-order valence-corrected chi connectivity index (χ3v) is 1.80. The molecule has 0 aromatic heterocycles. The molecule has 0 aliphatic carbocycles. The molecule has 1 rings (SSSR count). The van der Waals surface area contributed by atoms with E-state index >= 15 is 0 Å². The fraction of sp³-hybridized carbons (Fsp3) is 0.167. The molecular formula is C12H15N2S+. The molecule has 0 heterocycles. The van der Waals surface area contributed by atoms with Crippen LogP contribution in [0, 0.1) is 0 Å². The lowest BCUT2D eigenvalue weighted by atomic mass is 10.2. The second-order valence-corrected chi connectivity index (χ2v) is 3.94. The number of amidine groups is 1. The van der Waals surface area contributed by atoms with Crippen molar-refractivity contribution in [3.05, 3.63) is 48.2 Å². The molecule has 15 heavy (non-hydrogen) atoms. The number of allylic oxidation sites excluding steroid dienone is 1. The minimum absolute atomic E-state index is 0.725. The summed E-state index contributed by atoms with van der Waals surface area (Å²) in [6, 6.07) is 9.96. The molecule has 0 radical (unpaired) electrons. The van der Waals surface area contributed by atoms with E-state index in [1.165, 1.54) is 0 Å². The van der Waals surface area contributed by atoms with Crippen LogP contribution in [0.25, 0.3) is 0 Å². The van der Waals surface area contributed by atoms with E-state index in [-0.39, 0.29) is 0 Å². The summed E-state index contributed by atoms with van der Waals surface area (Å²) in [6.07, 6.45) is 0. The average molecular weight is 219 g/mol. The lowest BCUT2D eigenvalue weighted by Crippen LogP contribution is -2.78. The molecule has 1 aromatic carbocycles. The first-order valence-electron chi connectivity index (χ1n) is 4.72. The number of thiocarbonyl (C=S) groups is 1. The Balaban J connectivity index is 3.02. The monoisotopic (exact) mass is 219 g/mol. The van der Waals surface area contributed by atoms with Gasteiger partial charge < -0.3 is 0 Å². The molecule has 78 valence electrons. The molecule has 2 N–H and O–H groups in total. The summed E-state index contributed by atoms with van der Waals surface area (Å²) in [7, 11) is 0. The van der Waals surface area contributed by atoms with E-state index in [1.807, 2.05) is 44.2 Å². The predicted molar refractivity (Wildman–Crippen MR) is 67.7 cm³/mol. The van der Waals surface area contributed by atoms with Crippen molar-refractivity contribution in [3.63, 3.8) is 0 Å². The van der Waals surface area contributed by atoms with E-state index in [2.05, 4.69) is 16.9 Å². The number of hydrogen-bond acceptors (Lipinski definition) is 1. The zero-order valence-electron chi connectivity index (χ0n) is 9.00. The Morgan fingerprint density at radius 1 is 1.27 bits per heavy atom. The van der Waals surface area contributed by atoms with Gasteiger partial charge in [0.25, 0.3) is 5.84 Å². The van der Waals surface area contributed by atoms with Gasteiger partial charge in [0.05, 0.1) is 11.3 Å². The molecule has 0 fully saturated rings. The number of benzene rings is 1. The third kappa shape index (κ3) is 4.04. The summed E-state index contributed by atoms with van der Waals surface area (Å²) >= 11 is 5.02. The van der Waals surface area contributed by atoms with Crippen molar-refractivity contribution in [1.29, 1.82) is 0 Å². The van der Waals surface area contributed by atoms with Crippen molar-refractivity contribution in [3.8, 4) is 0 Å². The van der Waals surface area contributed by atoms with Crippen LogP contribution in [0.5, 0.6) is 0 Å². The third-order valence-electron chi connectivity index (χ3n) is 1.70. The standard InChI is InChI=1S/C12H14N2S/c1-9(2)13-12(14-10(3)15)11-7-5-4-6-8-11/h4-8H,1H2,2-3H3,(H,13,14,15)/p+1. The Labute approximate surface area is 95.7 Å². The van der Waals surface area contributed by atoms with Crippen molar-refractivity contribution >= 4 is 23.0 Å². The van der Waals surface area contributed by atoms with Gasteiger partial charge in [-0.15, -0.1) is 0 Å². The van der Waals surface area contributed by atoms with Crippen LogP contribution in [0.4, 0.5) is 0 Å². The Morgan fingerprint density at radius 3 is 2.33 bits per heavy atom. The Hall–Kier alpha value is -1.48. The van der Waals surface area contributed by atoms with Gasteiger partial charge in [-0.2, -0.15) is 0 Å². The fourth-order valence-electron chi connectivity index (χ4n) is 1.17. The van der Waals surface area contributed by atoms with Gasteiger partial charge in [-0.3, -0.25) is 0 Å². The van der Waals surface area contributed by atoms with Crippen molar-refractivity contribution in [2.24, 2.45) is 0 Å². The van der Waals surface area contributed by atoms with Crippen LogP contribution in [0.3, 0.4) is 0 Å². The van der Waals surface area contributed by atoms with Gasteiger partial charge in [0.2, 0.25) is 0 Å². The maximum atomic E-state index is 5.02. The number of rotatable bonds is 2. The highest BCUT2D eigenvalue weighted by Crippen LogP contribution is 1.97. The van der Waals surface area contributed by atoms with E-state index in [4.69, 9.17) is 12.2 Å². The first kappa shape index (κ1) is 11.6. The Kier molecular flexibility index (Phi) is 4.18. The van der Waals surface area contributed by atoms with Crippen LogP contribution >= 0.6 is 12.2 Å². The molecule has 0 amide bonds. The molecular weight excluding hydrogens is 204 g/mol. The number of nitrogens with one attached hydrogen (secondary N) is 2. The lowest BCUT2D eigenvalue weighted by molar-refractivity contribution is -0.313. The normalized spacial score (nSPS) is 10.9. The summed E-state index contributed by atoms with van der Waals surface area (Å²) in [6.45, 7) is 7.56. The Morgan fingerprint density at radius 2 is 1.87 bits per heavy atom. The molecule has 0 spiro atoms. The SMILES string of the molecule is C=C(C)NC(=[NH+]C(C)=S)c1ccccc1. The number of hydrogen-bond donors (Lipinski definition) is 2. The molecule has 1 aromatic rings. The highest BCUT2D eigenvalue weighted by Gasteiger charge is 2.09. The summed E-state index contributed by atoms with van der Waals surface area (Å²) in [5, 5.41) is 3.15. The predicted octanol–water partition coefficient (Wildman–Crippen LogP) is 0.984.